The van der Waals surface area contributed by atoms with E-state index in [1.807, 2.05) is 12.1 Å². The van der Waals surface area contributed by atoms with Gasteiger partial charge in [0.15, 0.2) is 6.29 Å². The van der Waals surface area contributed by atoms with Gasteiger partial charge in [-0.1, -0.05) is 12.1 Å². The van der Waals surface area contributed by atoms with Crippen molar-refractivity contribution in [3.63, 3.8) is 0 Å². The number of methoxy groups -OCH3 is 2. The van der Waals surface area contributed by atoms with Crippen LogP contribution in [0, 0.1) is 0 Å². The summed E-state index contributed by atoms with van der Waals surface area (Å²) < 4.78 is 21.0. The van der Waals surface area contributed by atoms with Crippen molar-refractivity contribution in [1.29, 1.82) is 0 Å². The molecule has 0 aliphatic carbocycles. The average Bonchev–Trinajstić information content (AvgIpc) is 2.55. The molecule has 1 aromatic carbocycles. The van der Waals surface area contributed by atoms with Crippen molar-refractivity contribution in [2.75, 3.05) is 20.8 Å². The molecule has 3 N–H and O–H groups in total. The van der Waals surface area contributed by atoms with Gasteiger partial charge in [0.05, 0.1) is 20.3 Å². The molecule has 22 heavy (non-hydrogen) atoms. The van der Waals surface area contributed by atoms with E-state index in [1.54, 1.807) is 19.2 Å². The third-order valence-electron chi connectivity index (χ3n) is 3.66. The van der Waals surface area contributed by atoms with Gasteiger partial charge >= 0.3 is 0 Å². The lowest BCUT2D eigenvalue weighted by Gasteiger charge is -2.41. The second kappa shape index (κ2) is 7.87. The third-order valence-corrected chi connectivity index (χ3v) is 3.66. The predicted octanol–water partition coefficient (Wildman–Crippen LogP) is -0.334. The smallest absolute Gasteiger partial charge is 0.186 e. The van der Waals surface area contributed by atoms with Gasteiger partial charge in [-0.15, -0.1) is 0 Å². The van der Waals surface area contributed by atoms with Gasteiger partial charge in [0.2, 0.25) is 0 Å². The molecule has 0 bridgehead atoms. The lowest BCUT2D eigenvalue weighted by molar-refractivity contribution is -0.303. The Hall–Kier alpha value is -1.22. The normalized spacial score (nSPS) is 32.0. The van der Waals surface area contributed by atoms with Crippen LogP contribution in [0.15, 0.2) is 24.3 Å². The fourth-order valence-electron chi connectivity index (χ4n) is 2.36. The molecule has 1 saturated heterocycles. The molecule has 2 rings (SSSR count). The van der Waals surface area contributed by atoms with Crippen LogP contribution in [0.5, 0.6) is 5.75 Å². The standard InChI is InChI=1S/C15H22O7/c1-19-10-5-3-9(4-6-10)8-21-14-12(17)11(7-16)22-15(20-2)13(14)18/h3-6,11-18H,7-8H2,1-2H3/t11-,12-,13-,14+,15+/m1/s1. The second-order valence-corrected chi connectivity index (χ2v) is 5.07. The van der Waals surface area contributed by atoms with E-state index < -0.39 is 37.3 Å². The molecule has 7 nitrogen and oxygen atoms in total. The van der Waals surface area contributed by atoms with Crippen LogP contribution < -0.4 is 4.74 Å². The van der Waals surface area contributed by atoms with Gasteiger partial charge < -0.3 is 34.3 Å². The summed E-state index contributed by atoms with van der Waals surface area (Å²) in [4.78, 5) is 0. The molecule has 1 aliphatic heterocycles. The summed E-state index contributed by atoms with van der Waals surface area (Å²) in [6.45, 7) is -0.201. The number of hydrogen-bond donors (Lipinski definition) is 3. The van der Waals surface area contributed by atoms with Crippen molar-refractivity contribution in [3.05, 3.63) is 29.8 Å². The van der Waals surface area contributed by atoms with Gasteiger partial charge in [-0.2, -0.15) is 0 Å². The molecular weight excluding hydrogens is 292 g/mol. The van der Waals surface area contributed by atoms with Crippen LogP contribution >= 0.6 is 0 Å². The first-order valence-corrected chi connectivity index (χ1v) is 7.00. The number of aliphatic hydroxyl groups is 3. The fourth-order valence-corrected chi connectivity index (χ4v) is 2.36. The first-order chi connectivity index (χ1) is 10.6. The van der Waals surface area contributed by atoms with Crippen molar-refractivity contribution in [2.45, 2.75) is 37.3 Å². The highest BCUT2D eigenvalue weighted by Gasteiger charge is 2.45. The third kappa shape index (κ3) is 3.75. The van der Waals surface area contributed by atoms with Crippen molar-refractivity contribution < 1.29 is 34.3 Å². The molecule has 0 spiro atoms. The maximum absolute atomic E-state index is 10.1. The zero-order valence-corrected chi connectivity index (χ0v) is 12.6. The summed E-state index contributed by atoms with van der Waals surface area (Å²) in [5.74, 6) is 0.731. The summed E-state index contributed by atoms with van der Waals surface area (Å²) in [5.41, 5.74) is 0.862. The topological polar surface area (TPSA) is 97.6 Å². The van der Waals surface area contributed by atoms with Crippen molar-refractivity contribution >= 4 is 0 Å². The molecule has 1 aliphatic rings. The van der Waals surface area contributed by atoms with E-state index >= 15 is 0 Å². The Morgan fingerprint density at radius 3 is 2.32 bits per heavy atom. The second-order valence-electron chi connectivity index (χ2n) is 5.07. The van der Waals surface area contributed by atoms with Crippen LogP contribution in [0.25, 0.3) is 0 Å². The molecule has 0 amide bonds. The minimum atomic E-state index is -1.15. The quantitative estimate of drug-likeness (QED) is 0.661. The summed E-state index contributed by atoms with van der Waals surface area (Å²) in [7, 11) is 2.96. The summed E-state index contributed by atoms with van der Waals surface area (Å²) in [6.07, 6.45) is -5.04. The van der Waals surface area contributed by atoms with Crippen LogP contribution in [-0.4, -0.2) is 66.9 Å². The zero-order chi connectivity index (χ0) is 16.1. The molecular formula is C15H22O7. The Labute approximate surface area is 129 Å². The maximum atomic E-state index is 10.1. The monoisotopic (exact) mass is 314 g/mol. The van der Waals surface area contributed by atoms with Gasteiger partial charge in [-0.05, 0) is 17.7 Å². The zero-order valence-electron chi connectivity index (χ0n) is 12.6. The van der Waals surface area contributed by atoms with Crippen molar-refractivity contribution in [1.82, 2.24) is 0 Å². The Bertz CT molecular complexity index is 434. The lowest BCUT2D eigenvalue weighted by Crippen LogP contribution is -2.59. The van der Waals surface area contributed by atoms with Crippen LogP contribution in [0.4, 0.5) is 0 Å². The van der Waals surface area contributed by atoms with Gasteiger partial charge in [-0.3, -0.25) is 0 Å². The lowest BCUT2D eigenvalue weighted by atomic mass is 9.99. The summed E-state index contributed by atoms with van der Waals surface area (Å²) in [5, 5.41) is 29.5. The number of ether oxygens (including phenoxy) is 4. The Morgan fingerprint density at radius 2 is 1.77 bits per heavy atom. The highest BCUT2D eigenvalue weighted by molar-refractivity contribution is 5.26. The van der Waals surface area contributed by atoms with Crippen LogP contribution in [0.3, 0.4) is 0 Å². The van der Waals surface area contributed by atoms with Crippen LogP contribution in [0.1, 0.15) is 5.56 Å². The predicted molar refractivity (Wildman–Crippen MR) is 76.3 cm³/mol. The van der Waals surface area contributed by atoms with Crippen LogP contribution in [0.2, 0.25) is 0 Å². The van der Waals surface area contributed by atoms with E-state index in [-0.39, 0.29) is 6.61 Å². The molecule has 1 heterocycles. The van der Waals surface area contributed by atoms with E-state index in [9.17, 15) is 15.3 Å². The molecule has 0 unspecified atom stereocenters. The molecule has 0 aromatic heterocycles. The van der Waals surface area contributed by atoms with Gasteiger partial charge in [0, 0.05) is 7.11 Å². The molecule has 0 radical (unpaired) electrons. The van der Waals surface area contributed by atoms with Crippen molar-refractivity contribution in [3.8, 4) is 5.75 Å². The van der Waals surface area contributed by atoms with E-state index in [4.69, 9.17) is 18.9 Å². The van der Waals surface area contributed by atoms with Crippen LogP contribution in [-0.2, 0) is 20.8 Å². The number of hydrogen-bond acceptors (Lipinski definition) is 7. The van der Waals surface area contributed by atoms with Gasteiger partial charge in [-0.25, -0.2) is 0 Å². The molecule has 1 fully saturated rings. The maximum Gasteiger partial charge on any atom is 0.186 e. The van der Waals surface area contributed by atoms with Gasteiger partial charge in [0.1, 0.15) is 30.2 Å². The van der Waals surface area contributed by atoms with E-state index in [0.717, 1.165) is 11.3 Å². The molecule has 0 saturated carbocycles. The van der Waals surface area contributed by atoms with E-state index in [1.165, 1.54) is 7.11 Å². The van der Waals surface area contributed by atoms with E-state index in [0.29, 0.717) is 0 Å². The highest BCUT2D eigenvalue weighted by atomic mass is 16.7. The highest BCUT2D eigenvalue weighted by Crippen LogP contribution is 2.25. The summed E-state index contributed by atoms with van der Waals surface area (Å²) in [6, 6.07) is 7.25. The number of aliphatic hydroxyl groups excluding tert-OH is 3. The minimum Gasteiger partial charge on any atom is -0.497 e. The molecule has 124 valence electrons. The Kier molecular flexibility index (Phi) is 6.13. The number of rotatable bonds is 6. The molecule has 1 aromatic rings. The largest absolute Gasteiger partial charge is 0.497 e. The molecule has 7 heteroatoms. The average molecular weight is 314 g/mol. The Morgan fingerprint density at radius 1 is 1.09 bits per heavy atom. The SMILES string of the molecule is COc1ccc(CO[C@@H]2[C@@H](O)[C@@H](OC)O[C@H](CO)[C@H]2O)cc1. The fraction of sp³-hybridized carbons (Fsp3) is 0.600. The summed E-state index contributed by atoms with van der Waals surface area (Å²) >= 11 is 0. The van der Waals surface area contributed by atoms with Gasteiger partial charge in [0.25, 0.3) is 0 Å². The first kappa shape index (κ1) is 17.1. The Balaban J connectivity index is 2.01. The first-order valence-electron chi connectivity index (χ1n) is 7.00. The minimum absolute atomic E-state index is 0.192. The van der Waals surface area contributed by atoms with Crippen molar-refractivity contribution in [2.24, 2.45) is 0 Å². The number of benzene rings is 1. The molecule has 5 atom stereocenters. The van der Waals surface area contributed by atoms with E-state index in [2.05, 4.69) is 0 Å².